The molecule has 1 aromatic heterocycles. The van der Waals surface area contributed by atoms with Gasteiger partial charge in [-0.3, -0.25) is 14.9 Å². The number of hydrogen-bond acceptors (Lipinski definition) is 4. The van der Waals surface area contributed by atoms with Crippen LogP contribution >= 0.6 is 15.9 Å². The first kappa shape index (κ1) is 13.5. The molecule has 0 unspecified atom stereocenters. The van der Waals surface area contributed by atoms with Gasteiger partial charge in [0, 0.05) is 28.4 Å². The van der Waals surface area contributed by atoms with Crippen LogP contribution < -0.4 is 4.84 Å². The van der Waals surface area contributed by atoms with E-state index in [-0.39, 0.29) is 5.69 Å². The molecule has 0 N–H and O–H groups in total. The summed E-state index contributed by atoms with van der Waals surface area (Å²) in [5.74, 6) is 0. The van der Waals surface area contributed by atoms with Crippen LogP contribution in [-0.2, 0) is 0 Å². The summed E-state index contributed by atoms with van der Waals surface area (Å²) in [5.41, 5.74) is 0.933. The van der Waals surface area contributed by atoms with Gasteiger partial charge in [-0.1, -0.05) is 15.9 Å². The lowest BCUT2D eigenvalue weighted by Gasteiger charge is -2.06. The molecule has 19 heavy (non-hydrogen) atoms. The van der Waals surface area contributed by atoms with Crippen LogP contribution in [0.25, 0.3) is 10.9 Å². The summed E-state index contributed by atoms with van der Waals surface area (Å²) in [6.07, 6.45) is 3.04. The number of benzene rings is 1. The summed E-state index contributed by atoms with van der Waals surface area (Å²) in [7, 11) is 0. The minimum absolute atomic E-state index is 0.0339. The number of carbonyl (C=O) groups is 1. The number of halogens is 1. The van der Waals surface area contributed by atoms with Crippen molar-refractivity contribution in [3.8, 4) is 0 Å². The minimum Gasteiger partial charge on any atom is -0.414 e. The fourth-order valence-electron chi connectivity index (χ4n) is 1.74. The average Bonchev–Trinajstić information content (AvgIpc) is 2.76. The second-order valence-corrected chi connectivity index (χ2v) is 4.66. The summed E-state index contributed by atoms with van der Waals surface area (Å²) in [6, 6.07) is 4.33. The maximum atomic E-state index is 11.0. The molecule has 0 fully saturated rings. The van der Waals surface area contributed by atoms with Crippen molar-refractivity contribution in [1.29, 1.82) is 0 Å². The van der Waals surface area contributed by atoms with Crippen LogP contribution in [0.2, 0.25) is 0 Å². The number of hydrogen-bond donors (Lipinski definition) is 0. The molecule has 0 aliphatic carbocycles. The second kappa shape index (κ2) is 5.83. The SMILES string of the molecule is O=Cc1cn(OCCCBr)c2cc([N+](=O)[O-])ccc12. The molecule has 0 atom stereocenters. The molecule has 0 saturated heterocycles. The van der Waals surface area contributed by atoms with Crippen molar-refractivity contribution in [3.05, 3.63) is 40.1 Å². The molecule has 2 rings (SSSR count). The minimum atomic E-state index is -0.476. The molecule has 100 valence electrons. The van der Waals surface area contributed by atoms with Crippen molar-refractivity contribution in [2.24, 2.45) is 0 Å². The monoisotopic (exact) mass is 326 g/mol. The fourth-order valence-corrected chi connectivity index (χ4v) is 1.97. The predicted molar refractivity (Wildman–Crippen MR) is 73.8 cm³/mol. The molecule has 6 nitrogen and oxygen atoms in total. The zero-order chi connectivity index (χ0) is 13.8. The van der Waals surface area contributed by atoms with E-state index in [1.54, 1.807) is 6.07 Å². The Morgan fingerprint density at radius 1 is 1.47 bits per heavy atom. The summed E-state index contributed by atoms with van der Waals surface area (Å²) >= 11 is 3.29. The lowest BCUT2D eigenvalue weighted by atomic mass is 10.2. The van der Waals surface area contributed by atoms with Crippen molar-refractivity contribution < 1.29 is 14.6 Å². The Morgan fingerprint density at radius 2 is 2.26 bits per heavy atom. The summed E-state index contributed by atoms with van der Waals surface area (Å²) in [5, 5.41) is 12.2. The largest absolute Gasteiger partial charge is 0.414 e. The van der Waals surface area contributed by atoms with Crippen LogP contribution in [0.1, 0.15) is 16.8 Å². The van der Waals surface area contributed by atoms with Crippen molar-refractivity contribution in [2.75, 3.05) is 11.9 Å². The van der Waals surface area contributed by atoms with Gasteiger partial charge in [0.05, 0.1) is 16.6 Å². The lowest BCUT2D eigenvalue weighted by molar-refractivity contribution is -0.384. The van der Waals surface area contributed by atoms with Gasteiger partial charge in [0.25, 0.3) is 5.69 Å². The zero-order valence-corrected chi connectivity index (χ0v) is 11.5. The molecule has 0 amide bonds. The first-order valence-electron chi connectivity index (χ1n) is 5.61. The molecule has 0 aliphatic heterocycles. The van der Waals surface area contributed by atoms with Crippen molar-refractivity contribution in [2.45, 2.75) is 6.42 Å². The molecule has 0 spiro atoms. The molecule has 2 aromatic rings. The van der Waals surface area contributed by atoms with E-state index in [2.05, 4.69) is 15.9 Å². The van der Waals surface area contributed by atoms with Gasteiger partial charge in [-0.2, -0.15) is 4.73 Å². The average molecular weight is 327 g/mol. The van der Waals surface area contributed by atoms with Gasteiger partial charge in [-0.05, 0) is 12.5 Å². The van der Waals surface area contributed by atoms with E-state index in [4.69, 9.17) is 4.84 Å². The predicted octanol–water partition coefficient (Wildman–Crippen LogP) is 2.58. The summed E-state index contributed by atoms with van der Waals surface area (Å²) in [4.78, 5) is 26.8. The zero-order valence-electron chi connectivity index (χ0n) is 9.91. The molecular formula is C12H11BrN2O4. The Hall–Kier alpha value is -1.89. The Kier molecular flexibility index (Phi) is 4.16. The quantitative estimate of drug-likeness (QED) is 0.269. The smallest absolute Gasteiger partial charge is 0.271 e. The van der Waals surface area contributed by atoms with Gasteiger partial charge in [0.15, 0.2) is 6.29 Å². The van der Waals surface area contributed by atoms with Gasteiger partial charge in [-0.25, -0.2) is 0 Å². The third-order valence-electron chi connectivity index (χ3n) is 2.63. The Balaban J connectivity index is 2.46. The van der Waals surface area contributed by atoms with Crippen molar-refractivity contribution in [1.82, 2.24) is 4.73 Å². The Bertz CT molecular complexity index is 623. The van der Waals surface area contributed by atoms with Gasteiger partial charge in [-0.15, -0.1) is 0 Å². The highest BCUT2D eigenvalue weighted by Gasteiger charge is 2.13. The molecule has 1 aromatic carbocycles. The molecule has 0 saturated carbocycles. The van der Waals surface area contributed by atoms with E-state index in [9.17, 15) is 14.9 Å². The standard InChI is InChI=1S/C12H11BrN2O4/c13-4-1-5-19-14-7-9(8-16)11-3-2-10(15(17)18)6-12(11)14/h2-3,6-8H,1,4-5H2. The van der Waals surface area contributed by atoms with Gasteiger partial charge in [0.1, 0.15) is 6.61 Å². The molecule has 0 bridgehead atoms. The van der Waals surface area contributed by atoms with E-state index in [1.807, 2.05) is 0 Å². The normalized spacial score (nSPS) is 10.6. The van der Waals surface area contributed by atoms with Gasteiger partial charge in [0.2, 0.25) is 0 Å². The maximum absolute atomic E-state index is 11.0. The number of nitro benzene ring substituents is 1. The fraction of sp³-hybridized carbons (Fsp3) is 0.250. The number of aldehydes is 1. The molecular weight excluding hydrogens is 316 g/mol. The summed E-state index contributed by atoms with van der Waals surface area (Å²) < 4.78 is 1.41. The van der Waals surface area contributed by atoms with E-state index < -0.39 is 4.92 Å². The number of alkyl halides is 1. The Labute approximate surface area is 117 Å². The van der Waals surface area contributed by atoms with Gasteiger partial charge < -0.3 is 4.84 Å². The Morgan fingerprint density at radius 3 is 2.89 bits per heavy atom. The molecule has 7 heteroatoms. The lowest BCUT2D eigenvalue weighted by Crippen LogP contribution is -2.11. The molecule has 0 aliphatic rings. The van der Waals surface area contributed by atoms with E-state index >= 15 is 0 Å². The molecule has 1 heterocycles. The van der Waals surface area contributed by atoms with Crippen LogP contribution in [0, 0.1) is 10.1 Å². The highest BCUT2D eigenvalue weighted by atomic mass is 79.9. The highest BCUT2D eigenvalue weighted by molar-refractivity contribution is 9.09. The number of non-ortho nitro benzene ring substituents is 1. The molecule has 0 radical (unpaired) electrons. The first-order valence-corrected chi connectivity index (χ1v) is 6.73. The summed E-state index contributed by atoms with van der Waals surface area (Å²) in [6.45, 7) is 0.454. The maximum Gasteiger partial charge on any atom is 0.271 e. The topological polar surface area (TPSA) is 74.4 Å². The van der Waals surface area contributed by atoms with Crippen LogP contribution in [0.4, 0.5) is 5.69 Å². The third kappa shape index (κ3) is 2.76. The van der Waals surface area contributed by atoms with Crippen LogP contribution in [-0.4, -0.2) is 27.9 Å². The third-order valence-corrected chi connectivity index (χ3v) is 3.19. The first-order chi connectivity index (χ1) is 9.17. The highest BCUT2D eigenvalue weighted by Crippen LogP contribution is 2.24. The van der Waals surface area contributed by atoms with E-state index in [0.717, 1.165) is 11.8 Å². The van der Waals surface area contributed by atoms with Gasteiger partial charge >= 0.3 is 0 Å². The van der Waals surface area contributed by atoms with Crippen LogP contribution in [0.15, 0.2) is 24.4 Å². The van der Waals surface area contributed by atoms with Crippen molar-refractivity contribution in [3.63, 3.8) is 0 Å². The number of nitro groups is 1. The van der Waals surface area contributed by atoms with E-state index in [0.29, 0.717) is 29.4 Å². The number of carbonyl (C=O) groups excluding carboxylic acids is 1. The number of fused-ring (bicyclic) bond motifs is 1. The number of aromatic nitrogens is 1. The second-order valence-electron chi connectivity index (χ2n) is 3.86. The number of rotatable bonds is 6. The van der Waals surface area contributed by atoms with E-state index in [1.165, 1.54) is 23.1 Å². The number of nitrogens with zero attached hydrogens (tertiary/aromatic N) is 2. The van der Waals surface area contributed by atoms with Crippen LogP contribution in [0.5, 0.6) is 0 Å². The van der Waals surface area contributed by atoms with Crippen LogP contribution in [0.3, 0.4) is 0 Å². The van der Waals surface area contributed by atoms with Crippen molar-refractivity contribution >= 4 is 38.8 Å².